The van der Waals surface area contributed by atoms with Gasteiger partial charge in [-0.25, -0.2) is 4.98 Å². The van der Waals surface area contributed by atoms with Crippen LogP contribution in [0.1, 0.15) is 37.9 Å². The van der Waals surface area contributed by atoms with Crippen molar-refractivity contribution in [3.63, 3.8) is 0 Å². The van der Waals surface area contributed by atoms with Crippen molar-refractivity contribution in [1.29, 1.82) is 0 Å². The minimum absolute atomic E-state index is 0.0809. The number of rotatable bonds is 2. The van der Waals surface area contributed by atoms with E-state index in [1.54, 1.807) is 0 Å². The summed E-state index contributed by atoms with van der Waals surface area (Å²) in [5.41, 5.74) is 8.20. The van der Waals surface area contributed by atoms with Crippen LogP contribution in [0, 0.1) is 0 Å². The van der Waals surface area contributed by atoms with Crippen molar-refractivity contribution in [3.05, 3.63) is 24.0 Å². The fourth-order valence-electron chi connectivity index (χ4n) is 3.04. The normalized spacial score (nSPS) is 19.9. The zero-order valence-electron chi connectivity index (χ0n) is 12.1. The Kier molecular flexibility index (Phi) is 2.79. The number of benzene rings is 1. The highest BCUT2D eigenvalue weighted by atomic mass is 16.2. The SMILES string of the molecule is NC1(C(=O)Nc2ccc3c(c2)nc2n3CCCCC2)CC1. The minimum atomic E-state index is -0.639. The highest BCUT2D eigenvalue weighted by molar-refractivity contribution is 6.01. The Balaban J connectivity index is 1.66. The number of carbonyl (C=O) groups is 1. The van der Waals surface area contributed by atoms with Crippen LogP contribution in [0.4, 0.5) is 5.69 Å². The Morgan fingerprint density at radius 3 is 2.95 bits per heavy atom. The average molecular weight is 284 g/mol. The second-order valence-corrected chi connectivity index (χ2v) is 6.30. The third-order valence-electron chi connectivity index (χ3n) is 4.61. The van der Waals surface area contributed by atoms with Crippen molar-refractivity contribution < 1.29 is 4.79 Å². The van der Waals surface area contributed by atoms with Crippen LogP contribution in [0.15, 0.2) is 18.2 Å². The molecular formula is C16H20N4O. The van der Waals surface area contributed by atoms with E-state index in [-0.39, 0.29) is 5.91 Å². The predicted octanol–water partition coefficient (Wildman–Crippen LogP) is 2.19. The van der Waals surface area contributed by atoms with Crippen molar-refractivity contribution in [2.24, 2.45) is 5.73 Å². The van der Waals surface area contributed by atoms with Gasteiger partial charge in [0.1, 0.15) is 5.82 Å². The standard InChI is InChI=1S/C16H20N4O/c17-16(7-8-16)15(21)18-11-5-6-13-12(10-11)19-14-4-2-1-3-9-20(13)14/h5-6,10H,1-4,7-9,17H2,(H,18,21). The molecule has 0 bridgehead atoms. The van der Waals surface area contributed by atoms with E-state index in [9.17, 15) is 4.79 Å². The molecule has 3 N–H and O–H groups in total. The van der Waals surface area contributed by atoms with Crippen molar-refractivity contribution in [3.8, 4) is 0 Å². The maximum absolute atomic E-state index is 12.0. The molecule has 1 aliphatic heterocycles. The van der Waals surface area contributed by atoms with Gasteiger partial charge < -0.3 is 15.6 Å². The van der Waals surface area contributed by atoms with Crippen molar-refractivity contribution in [2.45, 2.75) is 50.6 Å². The number of nitrogens with zero attached hydrogens (tertiary/aromatic N) is 2. The third-order valence-corrected chi connectivity index (χ3v) is 4.61. The summed E-state index contributed by atoms with van der Waals surface area (Å²) in [6, 6.07) is 5.97. The Bertz CT molecular complexity index is 714. The largest absolute Gasteiger partial charge is 0.328 e. The first kappa shape index (κ1) is 12.8. The van der Waals surface area contributed by atoms with Gasteiger partial charge in [-0.1, -0.05) is 6.42 Å². The Labute approximate surface area is 123 Å². The number of nitrogens with two attached hydrogens (primary N) is 1. The zero-order valence-corrected chi connectivity index (χ0v) is 12.1. The Morgan fingerprint density at radius 1 is 1.29 bits per heavy atom. The molecule has 0 radical (unpaired) electrons. The van der Waals surface area contributed by atoms with E-state index in [2.05, 4.69) is 16.0 Å². The number of imidazole rings is 1. The topological polar surface area (TPSA) is 72.9 Å². The highest BCUT2D eigenvalue weighted by Gasteiger charge is 2.45. The Morgan fingerprint density at radius 2 is 2.14 bits per heavy atom. The van der Waals surface area contributed by atoms with Crippen LogP contribution in [0.5, 0.6) is 0 Å². The van der Waals surface area contributed by atoms with Gasteiger partial charge in [0.05, 0.1) is 16.6 Å². The van der Waals surface area contributed by atoms with Crippen LogP contribution in [-0.4, -0.2) is 21.0 Å². The Hall–Kier alpha value is -1.88. The summed E-state index contributed by atoms with van der Waals surface area (Å²) in [5, 5.41) is 2.92. The van der Waals surface area contributed by atoms with Crippen molar-refractivity contribution >= 4 is 22.6 Å². The minimum Gasteiger partial charge on any atom is -0.328 e. The summed E-state index contributed by atoms with van der Waals surface area (Å²) in [7, 11) is 0. The molecule has 1 fully saturated rings. The lowest BCUT2D eigenvalue weighted by Gasteiger charge is -2.10. The van der Waals surface area contributed by atoms with Crippen LogP contribution in [0.3, 0.4) is 0 Å². The number of fused-ring (bicyclic) bond motifs is 3. The van der Waals surface area contributed by atoms with Gasteiger partial charge in [-0.3, -0.25) is 4.79 Å². The summed E-state index contributed by atoms with van der Waals surface area (Å²) in [6.45, 7) is 1.05. The number of nitrogens with one attached hydrogen (secondary N) is 1. The van der Waals surface area contributed by atoms with Crippen molar-refractivity contribution in [2.75, 3.05) is 5.32 Å². The van der Waals surface area contributed by atoms with E-state index in [0.717, 1.165) is 37.0 Å². The van der Waals surface area contributed by atoms with Crippen LogP contribution >= 0.6 is 0 Å². The molecule has 5 heteroatoms. The summed E-state index contributed by atoms with van der Waals surface area (Å²) in [6.07, 6.45) is 6.30. The van der Waals surface area contributed by atoms with Gasteiger partial charge in [0.25, 0.3) is 0 Å². The molecule has 110 valence electrons. The third kappa shape index (κ3) is 2.21. The molecule has 1 aromatic heterocycles. The van der Waals surface area contributed by atoms with Crippen LogP contribution in [0.25, 0.3) is 11.0 Å². The highest BCUT2D eigenvalue weighted by Crippen LogP contribution is 2.33. The zero-order chi connectivity index (χ0) is 14.4. The summed E-state index contributed by atoms with van der Waals surface area (Å²) >= 11 is 0. The quantitative estimate of drug-likeness (QED) is 0.888. The fraction of sp³-hybridized carbons (Fsp3) is 0.500. The number of anilines is 1. The molecule has 2 heterocycles. The fourth-order valence-corrected chi connectivity index (χ4v) is 3.04. The monoisotopic (exact) mass is 284 g/mol. The van der Waals surface area contributed by atoms with E-state index in [1.165, 1.54) is 30.6 Å². The van der Waals surface area contributed by atoms with Gasteiger partial charge in [0, 0.05) is 18.7 Å². The molecule has 1 aromatic carbocycles. The maximum Gasteiger partial charge on any atom is 0.244 e. The van der Waals surface area contributed by atoms with Crippen LogP contribution in [0.2, 0.25) is 0 Å². The smallest absolute Gasteiger partial charge is 0.244 e. The molecule has 1 aliphatic carbocycles. The lowest BCUT2D eigenvalue weighted by molar-refractivity contribution is -0.118. The molecule has 0 unspecified atom stereocenters. The van der Waals surface area contributed by atoms with Gasteiger partial charge in [-0.15, -0.1) is 0 Å². The first-order valence-corrected chi connectivity index (χ1v) is 7.75. The van der Waals surface area contributed by atoms with E-state index >= 15 is 0 Å². The molecule has 0 atom stereocenters. The molecule has 1 amide bonds. The van der Waals surface area contributed by atoms with E-state index in [1.807, 2.05) is 12.1 Å². The molecule has 4 rings (SSSR count). The van der Waals surface area contributed by atoms with E-state index in [4.69, 9.17) is 10.7 Å². The van der Waals surface area contributed by atoms with Gasteiger partial charge in [0.2, 0.25) is 5.91 Å². The van der Waals surface area contributed by atoms with Gasteiger partial charge in [-0.05, 0) is 43.9 Å². The maximum atomic E-state index is 12.0. The molecule has 2 aromatic rings. The lowest BCUT2D eigenvalue weighted by Crippen LogP contribution is -2.37. The number of carbonyl (C=O) groups excluding carboxylic acids is 1. The molecule has 21 heavy (non-hydrogen) atoms. The van der Waals surface area contributed by atoms with Crippen molar-refractivity contribution in [1.82, 2.24) is 9.55 Å². The molecule has 1 saturated carbocycles. The number of hydrogen-bond donors (Lipinski definition) is 2. The first-order valence-electron chi connectivity index (χ1n) is 7.75. The average Bonchev–Trinajstić information content (AvgIpc) is 3.19. The van der Waals surface area contributed by atoms with Gasteiger partial charge in [0.15, 0.2) is 0 Å². The summed E-state index contributed by atoms with van der Waals surface area (Å²) < 4.78 is 2.32. The summed E-state index contributed by atoms with van der Waals surface area (Å²) in [5.74, 6) is 1.09. The second kappa shape index (κ2) is 4.56. The number of hydrogen-bond acceptors (Lipinski definition) is 3. The summed E-state index contributed by atoms with van der Waals surface area (Å²) in [4.78, 5) is 16.8. The lowest BCUT2D eigenvalue weighted by atomic mass is 10.2. The number of aryl methyl sites for hydroxylation is 2. The number of aromatic nitrogens is 2. The molecular weight excluding hydrogens is 264 g/mol. The predicted molar refractivity (Wildman–Crippen MR) is 82.1 cm³/mol. The van der Waals surface area contributed by atoms with Gasteiger partial charge in [-0.2, -0.15) is 0 Å². The molecule has 0 saturated heterocycles. The first-order chi connectivity index (χ1) is 10.2. The van der Waals surface area contributed by atoms with Gasteiger partial charge >= 0.3 is 0 Å². The molecule has 0 spiro atoms. The molecule has 5 nitrogen and oxygen atoms in total. The van der Waals surface area contributed by atoms with Crippen LogP contribution < -0.4 is 11.1 Å². The molecule has 2 aliphatic rings. The second-order valence-electron chi connectivity index (χ2n) is 6.30. The van der Waals surface area contributed by atoms with E-state index in [0.29, 0.717) is 0 Å². The van der Waals surface area contributed by atoms with E-state index < -0.39 is 5.54 Å². The van der Waals surface area contributed by atoms with Crippen LogP contribution in [-0.2, 0) is 17.8 Å². The number of amides is 1.